The van der Waals surface area contributed by atoms with Crippen LogP contribution < -0.4 is 5.73 Å². The van der Waals surface area contributed by atoms with Crippen LogP contribution in [0.5, 0.6) is 0 Å². The molecule has 0 aliphatic rings. The third-order valence-corrected chi connectivity index (χ3v) is 3.17. The van der Waals surface area contributed by atoms with Crippen LogP contribution in [-0.2, 0) is 6.54 Å². The Morgan fingerprint density at radius 3 is 2.60 bits per heavy atom. The van der Waals surface area contributed by atoms with Crippen molar-refractivity contribution in [3.8, 4) is 17.2 Å². The molecule has 0 amide bonds. The first kappa shape index (κ1) is 12.3. The number of rotatable bonds is 2. The van der Waals surface area contributed by atoms with Gasteiger partial charge in [-0.2, -0.15) is 10.4 Å². The fourth-order valence-electron chi connectivity index (χ4n) is 2.19. The van der Waals surface area contributed by atoms with E-state index < -0.39 is 0 Å². The Bertz CT molecular complexity index is 812. The fraction of sp³-hybridized carbons (Fsp3) is 0.0667. The minimum absolute atomic E-state index is 0.311. The van der Waals surface area contributed by atoms with Gasteiger partial charge in [0.25, 0.3) is 0 Å². The molecule has 0 aliphatic carbocycles. The van der Waals surface area contributed by atoms with Crippen LogP contribution in [0.2, 0.25) is 0 Å². The Kier molecular flexibility index (Phi) is 2.93. The molecule has 3 aromatic rings. The summed E-state index contributed by atoms with van der Waals surface area (Å²) in [6.07, 6.45) is 1.79. The number of pyridine rings is 1. The summed E-state index contributed by atoms with van der Waals surface area (Å²) in [6, 6.07) is 11.9. The molecule has 1 aromatic carbocycles. The van der Waals surface area contributed by atoms with E-state index in [9.17, 15) is 9.65 Å². The Labute approximate surface area is 114 Å². The largest absolute Gasteiger partial charge is 0.326 e. The lowest BCUT2D eigenvalue weighted by atomic mass is 10.0. The van der Waals surface area contributed by atoms with E-state index in [0.717, 1.165) is 16.6 Å². The SMILES string of the molecule is N#Cc1nn2cc(CN)ccc2c1-c1ccc(F)cc1. The van der Waals surface area contributed by atoms with E-state index >= 15 is 0 Å². The van der Waals surface area contributed by atoms with Gasteiger partial charge >= 0.3 is 0 Å². The lowest BCUT2D eigenvalue weighted by molar-refractivity contribution is 0.628. The zero-order valence-corrected chi connectivity index (χ0v) is 10.5. The Morgan fingerprint density at radius 2 is 1.95 bits per heavy atom. The molecule has 0 saturated heterocycles. The summed E-state index contributed by atoms with van der Waals surface area (Å²) < 4.78 is 14.7. The van der Waals surface area contributed by atoms with Crippen LogP contribution in [0.25, 0.3) is 16.6 Å². The van der Waals surface area contributed by atoms with E-state index in [1.165, 1.54) is 12.1 Å². The van der Waals surface area contributed by atoms with Crippen molar-refractivity contribution < 1.29 is 4.39 Å². The Balaban J connectivity index is 2.28. The molecule has 0 aliphatic heterocycles. The number of nitriles is 1. The molecule has 3 rings (SSSR count). The van der Waals surface area contributed by atoms with E-state index in [-0.39, 0.29) is 5.82 Å². The van der Waals surface area contributed by atoms with Crippen molar-refractivity contribution in [2.75, 3.05) is 0 Å². The monoisotopic (exact) mass is 266 g/mol. The van der Waals surface area contributed by atoms with Gasteiger partial charge in [0.1, 0.15) is 11.9 Å². The highest BCUT2D eigenvalue weighted by molar-refractivity contribution is 5.84. The minimum Gasteiger partial charge on any atom is -0.326 e. The standard InChI is InChI=1S/C15H11FN4/c16-12-4-2-11(3-5-12)15-13(8-18)19-20-9-10(7-17)1-6-14(15)20/h1-6,9H,7,17H2. The van der Waals surface area contributed by atoms with Gasteiger partial charge in [0.15, 0.2) is 5.69 Å². The van der Waals surface area contributed by atoms with Crippen LogP contribution >= 0.6 is 0 Å². The van der Waals surface area contributed by atoms with Crippen molar-refractivity contribution in [3.63, 3.8) is 0 Å². The minimum atomic E-state index is -0.311. The van der Waals surface area contributed by atoms with Gasteiger partial charge in [-0.05, 0) is 29.3 Å². The Morgan fingerprint density at radius 1 is 1.20 bits per heavy atom. The lowest BCUT2D eigenvalue weighted by Gasteiger charge is -2.01. The molecule has 5 heteroatoms. The number of aromatic nitrogens is 2. The topological polar surface area (TPSA) is 67.1 Å². The first-order valence-corrected chi connectivity index (χ1v) is 6.10. The van der Waals surface area contributed by atoms with Crippen molar-refractivity contribution in [3.05, 3.63) is 59.7 Å². The number of hydrogen-bond acceptors (Lipinski definition) is 3. The van der Waals surface area contributed by atoms with Crippen molar-refractivity contribution in [2.24, 2.45) is 5.73 Å². The smallest absolute Gasteiger partial charge is 0.171 e. The second kappa shape index (κ2) is 4.76. The van der Waals surface area contributed by atoms with Crippen LogP contribution in [0.4, 0.5) is 4.39 Å². The molecule has 0 unspecified atom stereocenters. The number of nitrogens with zero attached hydrogens (tertiary/aromatic N) is 3. The second-order valence-corrected chi connectivity index (χ2v) is 4.41. The molecule has 0 spiro atoms. The zero-order chi connectivity index (χ0) is 14.1. The molecule has 98 valence electrons. The van der Waals surface area contributed by atoms with Crippen molar-refractivity contribution in [1.29, 1.82) is 5.26 Å². The molecule has 2 heterocycles. The van der Waals surface area contributed by atoms with Crippen molar-refractivity contribution >= 4 is 5.52 Å². The highest BCUT2D eigenvalue weighted by atomic mass is 19.1. The van der Waals surface area contributed by atoms with E-state index in [0.29, 0.717) is 17.8 Å². The quantitative estimate of drug-likeness (QED) is 0.774. The van der Waals surface area contributed by atoms with Gasteiger partial charge in [-0.15, -0.1) is 0 Å². The van der Waals surface area contributed by atoms with Gasteiger partial charge in [-0.25, -0.2) is 8.91 Å². The van der Waals surface area contributed by atoms with Crippen molar-refractivity contribution in [2.45, 2.75) is 6.54 Å². The molecule has 0 radical (unpaired) electrons. The van der Waals surface area contributed by atoms with E-state index in [4.69, 9.17) is 5.73 Å². The van der Waals surface area contributed by atoms with Gasteiger partial charge in [-0.1, -0.05) is 18.2 Å². The molecule has 20 heavy (non-hydrogen) atoms. The molecule has 4 nitrogen and oxygen atoms in total. The number of hydrogen-bond donors (Lipinski definition) is 1. The fourth-order valence-corrected chi connectivity index (χ4v) is 2.19. The summed E-state index contributed by atoms with van der Waals surface area (Å²) in [5.41, 5.74) is 9.10. The summed E-state index contributed by atoms with van der Waals surface area (Å²) in [5.74, 6) is -0.311. The number of fused-ring (bicyclic) bond motifs is 1. The van der Waals surface area contributed by atoms with Crippen LogP contribution in [0, 0.1) is 17.1 Å². The first-order valence-electron chi connectivity index (χ1n) is 6.10. The third kappa shape index (κ3) is 1.92. The van der Waals surface area contributed by atoms with Crippen LogP contribution in [-0.4, -0.2) is 9.61 Å². The summed E-state index contributed by atoms with van der Waals surface area (Å²) in [6.45, 7) is 0.406. The summed E-state index contributed by atoms with van der Waals surface area (Å²) in [4.78, 5) is 0. The number of benzene rings is 1. The van der Waals surface area contributed by atoms with E-state index in [2.05, 4.69) is 11.2 Å². The summed E-state index contributed by atoms with van der Waals surface area (Å²) in [5, 5.41) is 13.5. The highest BCUT2D eigenvalue weighted by Crippen LogP contribution is 2.28. The maximum absolute atomic E-state index is 13.0. The maximum Gasteiger partial charge on any atom is 0.171 e. The van der Waals surface area contributed by atoms with Crippen LogP contribution in [0.15, 0.2) is 42.6 Å². The second-order valence-electron chi connectivity index (χ2n) is 4.41. The molecule has 0 atom stereocenters. The first-order chi connectivity index (χ1) is 9.72. The summed E-state index contributed by atoms with van der Waals surface area (Å²) in [7, 11) is 0. The average molecular weight is 266 g/mol. The predicted molar refractivity (Wildman–Crippen MR) is 73.2 cm³/mol. The van der Waals surface area contributed by atoms with E-state index in [1.54, 1.807) is 22.8 Å². The van der Waals surface area contributed by atoms with Gasteiger partial charge in [0.2, 0.25) is 0 Å². The van der Waals surface area contributed by atoms with Crippen molar-refractivity contribution in [1.82, 2.24) is 9.61 Å². The van der Waals surface area contributed by atoms with E-state index in [1.807, 2.05) is 12.1 Å². The third-order valence-electron chi connectivity index (χ3n) is 3.17. The van der Waals surface area contributed by atoms with Gasteiger partial charge in [0, 0.05) is 18.3 Å². The number of nitrogens with two attached hydrogens (primary N) is 1. The number of halogens is 1. The molecule has 0 bridgehead atoms. The highest BCUT2D eigenvalue weighted by Gasteiger charge is 2.14. The Hall–Kier alpha value is -2.71. The molecule has 2 aromatic heterocycles. The summed E-state index contributed by atoms with van der Waals surface area (Å²) >= 11 is 0. The molecule has 0 fully saturated rings. The predicted octanol–water partition coefficient (Wildman–Crippen LogP) is 2.47. The van der Waals surface area contributed by atoms with Crippen LogP contribution in [0.1, 0.15) is 11.3 Å². The van der Waals surface area contributed by atoms with Gasteiger partial charge < -0.3 is 5.73 Å². The van der Waals surface area contributed by atoms with Crippen LogP contribution in [0.3, 0.4) is 0 Å². The molecular formula is C15H11FN4. The average Bonchev–Trinajstić information content (AvgIpc) is 2.85. The lowest BCUT2D eigenvalue weighted by Crippen LogP contribution is -1.98. The zero-order valence-electron chi connectivity index (χ0n) is 10.5. The molecular weight excluding hydrogens is 255 g/mol. The molecule has 2 N–H and O–H groups in total. The van der Waals surface area contributed by atoms with Gasteiger partial charge in [-0.3, -0.25) is 0 Å². The normalized spacial score (nSPS) is 10.7. The van der Waals surface area contributed by atoms with Gasteiger partial charge in [0.05, 0.1) is 5.52 Å². The molecule has 0 saturated carbocycles. The maximum atomic E-state index is 13.0.